The molecule has 1 aliphatic heterocycles. The minimum atomic E-state index is -0.568. The largest absolute Gasteiger partial charge is 0.300 e. The van der Waals surface area contributed by atoms with Crippen molar-refractivity contribution in [1.82, 2.24) is 5.32 Å². The second-order valence-corrected chi connectivity index (χ2v) is 3.18. The van der Waals surface area contributed by atoms with Gasteiger partial charge in [-0.1, -0.05) is 12.1 Å². The summed E-state index contributed by atoms with van der Waals surface area (Å²) in [6, 6.07) is 5.73. The fraction of sp³-hybridized carbons (Fsp3) is 0.200. The van der Waals surface area contributed by atoms with Crippen LogP contribution in [0.2, 0.25) is 0 Å². The molecule has 5 heteroatoms. The zero-order valence-corrected chi connectivity index (χ0v) is 7.87. The van der Waals surface area contributed by atoms with E-state index in [1.165, 1.54) is 18.2 Å². The summed E-state index contributed by atoms with van der Waals surface area (Å²) in [4.78, 5) is 23.7. The molecular formula is C10H9FN2O2. The fourth-order valence-corrected chi connectivity index (χ4v) is 1.48. The van der Waals surface area contributed by atoms with Gasteiger partial charge >= 0.3 is 0 Å². The molecule has 0 radical (unpaired) electrons. The number of hydrogen-bond donors (Lipinski definition) is 1. The maximum absolute atomic E-state index is 13.4. The van der Waals surface area contributed by atoms with Gasteiger partial charge in [0.15, 0.2) is 0 Å². The Hall–Kier alpha value is -1.75. The Balaban J connectivity index is 2.40. The van der Waals surface area contributed by atoms with E-state index in [2.05, 4.69) is 5.32 Å². The predicted octanol–water partition coefficient (Wildman–Crippen LogP) is 0.288. The highest BCUT2D eigenvalue weighted by atomic mass is 19.1. The number of carbonyl (C=O) groups is 2. The van der Waals surface area contributed by atoms with Gasteiger partial charge in [-0.25, -0.2) is 9.29 Å². The van der Waals surface area contributed by atoms with Crippen LogP contribution in [0.3, 0.4) is 0 Å². The maximum Gasteiger partial charge on any atom is 0.247 e. The Morgan fingerprint density at radius 1 is 1.13 bits per heavy atom. The highest BCUT2D eigenvalue weighted by Gasteiger charge is 2.28. The van der Waals surface area contributed by atoms with Gasteiger partial charge in [0.05, 0.1) is 18.8 Å². The maximum atomic E-state index is 13.4. The topological polar surface area (TPSA) is 49.4 Å². The van der Waals surface area contributed by atoms with Crippen LogP contribution in [0.25, 0.3) is 0 Å². The predicted molar refractivity (Wildman–Crippen MR) is 51.8 cm³/mol. The molecular weight excluding hydrogens is 199 g/mol. The van der Waals surface area contributed by atoms with E-state index in [-0.39, 0.29) is 18.8 Å². The first kappa shape index (κ1) is 9.79. The number of anilines is 1. The Morgan fingerprint density at radius 2 is 1.73 bits per heavy atom. The Morgan fingerprint density at radius 3 is 2.33 bits per heavy atom. The molecule has 1 fully saturated rings. The van der Waals surface area contributed by atoms with Crippen LogP contribution in [0.5, 0.6) is 0 Å². The molecule has 2 rings (SSSR count). The molecule has 0 unspecified atom stereocenters. The molecule has 15 heavy (non-hydrogen) atoms. The lowest BCUT2D eigenvalue weighted by atomic mass is 10.2. The van der Waals surface area contributed by atoms with E-state index in [0.29, 0.717) is 0 Å². The zero-order chi connectivity index (χ0) is 10.8. The number of nitrogens with zero attached hydrogens (tertiary/aromatic N) is 1. The molecule has 78 valence electrons. The normalized spacial score (nSPS) is 17.0. The van der Waals surface area contributed by atoms with Crippen molar-refractivity contribution in [2.24, 2.45) is 0 Å². The van der Waals surface area contributed by atoms with Crippen molar-refractivity contribution >= 4 is 17.5 Å². The van der Waals surface area contributed by atoms with Crippen LogP contribution in [0.15, 0.2) is 24.3 Å². The van der Waals surface area contributed by atoms with E-state index in [0.717, 1.165) is 4.90 Å². The summed E-state index contributed by atoms with van der Waals surface area (Å²) in [6.07, 6.45) is 0. The second-order valence-electron chi connectivity index (χ2n) is 3.18. The number of amides is 2. The van der Waals surface area contributed by atoms with Gasteiger partial charge in [0, 0.05) is 0 Å². The van der Waals surface area contributed by atoms with Crippen LogP contribution < -0.4 is 10.2 Å². The Bertz CT molecular complexity index is 404. The third-order valence-corrected chi connectivity index (χ3v) is 2.14. The number of benzene rings is 1. The third-order valence-electron chi connectivity index (χ3n) is 2.14. The summed E-state index contributed by atoms with van der Waals surface area (Å²) in [5.41, 5.74) is 0.0222. The number of hydrogen-bond acceptors (Lipinski definition) is 3. The molecule has 0 aliphatic carbocycles. The van der Waals surface area contributed by atoms with Gasteiger partial charge in [-0.3, -0.25) is 14.9 Å². The Labute approximate surface area is 85.7 Å². The molecule has 0 spiro atoms. The number of nitrogens with one attached hydrogen (secondary N) is 1. The molecule has 1 aromatic carbocycles. The highest BCUT2D eigenvalue weighted by molar-refractivity contribution is 6.17. The van der Waals surface area contributed by atoms with E-state index in [4.69, 9.17) is 0 Å². The molecule has 1 aliphatic rings. The van der Waals surface area contributed by atoms with Crippen LogP contribution in [0, 0.1) is 5.82 Å². The number of para-hydroxylation sites is 1. The van der Waals surface area contributed by atoms with Gasteiger partial charge < -0.3 is 0 Å². The quantitative estimate of drug-likeness (QED) is 0.675. The summed E-state index contributed by atoms with van der Waals surface area (Å²) in [6.45, 7) is 0.111. The molecule has 1 saturated heterocycles. The number of piperazine rings is 1. The van der Waals surface area contributed by atoms with Gasteiger partial charge in [0.25, 0.3) is 0 Å². The summed E-state index contributed by atoms with van der Waals surface area (Å²) in [7, 11) is 0. The van der Waals surface area contributed by atoms with Crippen molar-refractivity contribution in [2.75, 3.05) is 18.0 Å². The van der Waals surface area contributed by atoms with Gasteiger partial charge in [0.1, 0.15) is 5.82 Å². The van der Waals surface area contributed by atoms with Crippen molar-refractivity contribution in [3.8, 4) is 0 Å². The summed E-state index contributed by atoms with van der Waals surface area (Å²) < 4.78 is 13.4. The average molecular weight is 208 g/mol. The lowest BCUT2D eigenvalue weighted by molar-refractivity contribution is -0.127. The van der Waals surface area contributed by atoms with Gasteiger partial charge in [-0.05, 0) is 12.1 Å². The van der Waals surface area contributed by atoms with Crippen LogP contribution >= 0.6 is 0 Å². The molecule has 1 aromatic rings. The van der Waals surface area contributed by atoms with E-state index in [1.807, 2.05) is 0 Å². The number of carbonyl (C=O) groups excluding carboxylic acids is 2. The lowest BCUT2D eigenvalue weighted by Gasteiger charge is -2.25. The number of halogens is 1. The number of rotatable bonds is 1. The molecule has 2 amide bonds. The van der Waals surface area contributed by atoms with Crippen LogP contribution in [0.1, 0.15) is 0 Å². The van der Waals surface area contributed by atoms with E-state index in [9.17, 15) is 14.0 Å². The standard InChI is InChI=1S/C10H9FN2O2/c11-7-3-1-2-4-8(7)13-9(14)5-12-6-10(13)15/h1-4,12H,5-6H2. The zero-order valence-electron chi connectivity index (χ0n) is 7.87. The van der Waals surface area contributed by atoms with Crippen molar-refractivity contribution in [2.45, 2.75) is 0 Å². The van der Waals surface area contributed by atoms with E-state index in [1.54, 1.807) is 6.07 Å². The van der Waals surface area contributed by atoms with E-state index >= 15 is 0 Å². The molecule has 0 bridgehead atoms. The van der Waals surface area contributed by atoms with E-state index < -0.39 is 17.6 Å². The van der Waals surface area contributed by atoms with Crippen molar-refractivity contribution in [3.63, 3.8) is 0 Å². The summed E-state index contributed by atoms with van der Waals surface area (Å²) >= 11 is 0. The van der Waals surface area contributed by atoms with Crippen molar-refractivity contribution in [3.05, 3.63) is 30.1 Å². The van der Waals surface area contributed by atoms with Crippen molar-refractivity contribution < 1.29 is 14.0 Å². The van der Waals surface area contributed by atoms with Crippen LogP contribution in [-0.2, 0) is 9.59 Å². The highest BCUT2D eigenvalue weighted by Crippen LogP contribution is 2.19. The average Bonchev–Trinajstić information content (AvgIpc) is 2.20. The molecule has 0 saturated carbocycles. The first-order valence-electron chi connectivity index (χ1n) is 4.51. The molecule has 1 N–H and O–H groups in total. The third kappa shape index (κ3) is 1.73. The minimum Gasteiger partial charge on any atom is -0.300 e. The SMILES string of the molecule is O=C1CNCC(=O)N1c1ccccc1F. The van der Waals surface area contributed by atoms with Gasteiger partial charge in [-0.2, -0.15) is 0 Å². The molecule has 0 aromatic heterocycles. The fourth-order valence-electron chi connectivity index (χ4n) is 1.48. The molecule has 4 nitrogen and oxygen atoms in total. The monoisotopic (exact) mass is 208 g/mol. The second kappa shape index (κ2) is 3.78. The van der Waals surface area contributed by atoms with Crippen molar-refractivity contribution in [1.29, 1.82) is 0 Å². The van der Waals surface area contributed by atoms with Crippen LogP contribution in [0.4, 0.5) is 10.1 Å². The van der Waals surface area contributed by atoms with Crippen LogP contribution in [-0.4, -0.2) is 24.9 Å². The first-order valence-corrected chi connectivity index (χ1v) is 4.51. The molecule has 0 atom stereocenters. The summed E-state index contributed by atoms with van der Waals surface area (Å²) in [5.74, 6) is -1.44. The first-order chi connectivity index (χ1) is 7.20. The lowest BCUT2D eigenvalue weighted by Crippen LogP contribution is -2.52. The summed E-state index contributed by atoms with van der Waals surface area (Å²) in [5, 5.41) is 2.64. The number of imide groups is 1. The minimum absolute atomic E-state index is 0.0222. The molecule has 1 heterocycles. The Kier molecular flexibility index (Phi) is 2.47. The smallest absolute Gasteiger partial charge is 0.247 e. The van der Waals surface area contributed by atoms with Gasteiger partial charge in [-0.15, -0.1) is 0 Å². The van der Waals surface area contributed by atoms with Gasteiger partial charge in [0.2, 0.25) is 11.8 Å².